The third kappa shape index (κ3) is 8.88. The summed E-state index contributed by atoms with van der Waals surface area (Å²) in [6, 6.07) is 15.5. The molecule has 5 rings (SSSR count). The molecule has 0 fully saturated rings. The van der Waals surface area contributed by atoms with Crippen LogP contribution in [0.1, 0.15) is 89.7 Å². The summed E-state index contributed by atoms with van der Waals surface area (Å²) in [5, 5.41) is 3.67. The highest BCUT2D eigenvalue weighted by Crippen LogP contribution is 2.43. The average Bonchev–Trinajstić information content (AvgIpc) is 3.28. The van der Waals surface area contributed by atoms with E-state index in [4.69, 9.17) is 0 Å². The fourth-order valence-corrected chi connectivity index (χ4v) is 7.28. The van der Waals surface area contributed by atoms with Gasteiger partial charge in [-0.25, -0.2) is 0 Å². The molecular weight excluding hydrogens is 542 g/mol. The van der Waals surface area contributed by atoms with Gasteiger partial charge in [-0.15, -0.1) is 6.58 Å². The van der Waals surface area contributed by atoms with Gasteiger partial charge in [0.1, 0.15) is 0 Å². The second kappa shape index (κ2) is 15.9. The number of aryl methyl sites for hydroxylation is 1. The summed E-state index contributed by atoms with van der Waals surface area (Å²) in [4.78, 5) is 0. The van der Waals surface area contributed by atoms with Crippen LogP contribution in [0.3, 0.4) is 0 Å². The van der Waals surface area contributed by atoms with Gasteiger partial charge in [-0.05, 0) is 155 Å². The number of anilines is 1. The molecule has 234 valence electrons. The molecular formula is C44H53N. The van der Waals surface area contributed by atoms with Crippen molar-refractivity contribution in [2.45, 2.75) is 85.5 Å². The fourth-order valence-electron chi connectivity index (χ4n) is 7.28. The van der Waals surface area contributed by atoms with Gasteiger partial charge in [-0.1, -0.05) is 95.7 Å². The van der Waals surface area contributed by atoms with E-state index in [1.165, 1.54) is 65.5 Å². The van der Waals surface area contributed by atoms with Crippen molar-refractivity contribution in [2.24, 2.45) is 17.8 Å². The summed E-state index contributed by atoms with van der Waals surface area (Å²) in [5.74, 6) is 1.93. The molecule has 3 aliphatic carbocycles. The molecule has 0 aliphatic heterocycles. The first-order chi connectivity index (χ1) is 21.9. The third-order valence-electron chi connectivity index (χ3n) is 9.91. The van der Waals surface area contributed by atoms with E-state index in [9.17, 15) is 0 Å². The maximum Gasteiger partial charge on any atom is 0.0384 e. The van der Waals surface area contributed by atoms with E-state index in [0.29, 0.717) is 17.8 Å². The van der Waals surface area contributed by atoms with Crippen LogP contribution in [0.15, 0.2) is 132 Å². The van der Waals surface area contributed by atoms with Crippen LogP contribution in [0.2, 0.25) is 0 Å². The summed E-state index contributed by atoms with van der Waals surface area (Å²) in [6.07, 6.45) is 34.4. The molecule has 45 heavy (non-hydrogen) atoms. The first-order valence-electron chi connectivity index (χ1n) is 17.3. The zero-order valence-corrected chi connectivity index (χ0v) is 28.1. The van der Waals surface area contributed by atoms with E-state index in [1.54, 1.807) is 11.1 Å². The Bertz CT molecular complexity index is 1550. The Morgan fingerprint density at radius 3 is 2.51 bits per heavy atom. The SMILES string of the molecule is C=C(C)CC/C(=C\C)C1C=C(CC2=CCC=C(Nc3ccc(-c4ccc(C)c(/C=C\C)c4)cc3)C=C2)C(C2C=CCCC2)CC1. The van der Waals surface area contributed by atoms with Crippen LogP contribution in [0.5, 0.6) is 0 Å². The molecule has 1 N–H and O–H groups in total. The molecule has 3 unspecified atom stereocenters. The normalized spacial score (nSPS) is 22.1. The minimum absolute atomic E-state index is 0.566. The van der Waals surface area contributed by atoms with Gasteiger partial charge >= 0.3 is 0 Å². The van der Waals surface area contributed by atoms with Crippen LogP contribution in [-0.2, 0) is 0 Å². The Morgan fingerprint density at radius 2 is 1.78 bits per heavy atom. The molecule has 3 aliphatic rings. The maximum atomic E-state index is 4.16. The predicted molar refractivity (Wildman–Crippen MR) is 198 cm³/mol. The van der Waals surface area contributed by atoms with Crippen molar-refractivity contribution < 1.29 is 0 Å². The molecule has 0 saturated heterocycles. The van der Waals surface area contributed by atoms with Crippen molar-refractivity contribution in [3.8, 4) is 11.1 Å². The summed E-state index contributed by atoms with van der Waals surface area (Å²) in [7, 11) is 0. The van der Waals surface area contributed by atoms with Crippen LogP contribution in [-0.4, -0.2) is 0 Å². The first-order valence-corrected chi connectivity index (χ1v) is 17.3. The average molecular weight is 596 g/mol. The number of hydrogen-bond donors (Lipinski definition) is 1. The van der Waals surface area contributed by atoms with Gasteiger partial charge in [0.05, 0.1) is 0 Å². The molecule has 0 amide bonds. The standard InChI is InChI=1S/C44H53N/c1-6-12-38-30-40(21-18-33(38)5)36-22-26-43(27-23-36)45-42-16-11-13-34(19-25-42)29-41-31-39(35(7-2)20-17-32(3)4)24-28-44(41)37-14-9-8-10-15-37/h6-7,9,12-14,16,18-19,21-23,25-27,30-31,37,39,44-45H,3,8,10-11,15,17,20,24,28-29H2,1-2,4-5H3/b12-6-,35-7+. The van der Waals surface area contributed by atoms with Crippen LogP contribution in [0, 0.1) is 24.7 Å². The number of rotatable bonds is 11. The molecule has 0 heterocycles. The molecule has 0 aromatic heterocycles. The molecule has 2 aromatic rings. The lowest BCUT2D eigenvalue weighted by Crippen LogP contribution is -2.23. The zero-order valence-electron chi connectivity index (χ0n) is 28.1. The Labute approximate surface area is 273 Å². The summed E-state index contributed by atoms with van der Waals surface area (Å²) in [6.45, 7) is 12.8. The van der Waals surface area contributed by atoms with E-state index in [2.05, 4.69) is 143 Å². The highest BCUT2D eigenvalue weighted by Gasteiger charge is 2.30. The number of nitrogens with one attached hydrogen (secondary N) is 1. The molecule has 0 spiro atoms. The zero-order chi connectivity index (χ0) is 31.6. The molecule has 2 aromatic carbocycles. The molecule has 0 bridgehead atoms. The Kier molecular flexibility index (Phi) is 11.5. The van der Waals surface area contributed by atoms with E-state index >= 15 is 0 Å². The van der Waals surface area contributed by atoms with Crippen LogP contribution < -0.4 is 5.32 Å². The number of hydrogen-bond acceptors (Lipinski definition) is 1. The third-order valence-corrected chi connectivity index (χ3v) is 9.91. The van der Waals surface area contributed by atoms with Gasteiger partial charge in [0.25, 0.3) is 0 Å². The first kappa shape index (κ1) is 32.6. The smallest absolute Gasteiger partial charge is 0.0384 e. The van der Waals surface area contributed by atoms with Crippen LogP contribution in [0.25, 0.3) is 17.2 Å². The minimum atomic E-state index is 0.566. The summed E-state index contributed by atoms with van der Waals surface area (Å²) in [5.41, 5.74) is 13.3. The van der Waals surface area contributed by atoms with E-state index in [1.807, 2.05) is 0 Å². The highest BCUT2D eigenvalue weighted by molar-refractivity contribution is 5.71. The van der Waals surface area contributed by atoms with E-state index in [-0.39, 0.29) is 0 Å². The van der Waals surface area contributed by atoms with Crippen molar-refractivity contribution in [1.29, 1.82) is 0 Å². The van der Waals surface area contributed by atoms with Gasteiger partial charge in [-0.2, -0.15) is 0 Å². The van der Waals surface area contributed by atoms with Crippen LogP contribution in [0.4, 0.5) is 5.69 Å². The Morgan fingerprint density at radius 1 is 0.956 bits per heavy atom. The molecule has 0 saturated carbocycles. The predicted octanol–water partition coefficient (Wildman–Crippen LogP) is 12.9. The van der Waals surface area contributed by atoms with Crippen LogP contribution >= 0.6 is 0 Å². The van der Waals surface area contributed by atoms with Gasteiger partial charge in [0.2, 0.25) is 0 Å². The quantitative estimate of drug-likeness (QED) is 0.255. The van der Waals surface area contributed by atoms with Crippen molar-refractivity contribution in [1.82, 2.24) is 0 Å². The molecule has 0 radical (unpaired) electrons. The Hall–Kier alpha value is -3.84. The van der Waals surface area contributed by atoms with Gasteiger partial charge in [0, 0.05) is 11.4 Å². The van der Waals surface area contributed by atoms with E-state index < -0.39 is 0 Å². The molecule has 3 atom stereocenters. The monoisotopic (exact) mass is 595 g/mol. The van der Waals surface area contributed by atoms with Crippen molar-refractivity contribution in [3.05, 3.63) is 143 Å². The van der Waals surface area contributed by atoms with E-state index in [0.717, 1.165) is 37.1 Å². The number of allylic oxidation sites excluding steroid dienone is 13. The Balaban J connectivity index is 1.27. The van der Waals surface area contributed by atoms with Gasteiger partial charge < -0.3 is 5.32 Å². The van der Waals surface area contributed by atoms with Gasteiger partial charge in [-0.3, -0.25) is 0 Å². The number of benzene rings is 2. The lowest BCUT2D eigenvalue weighted by Gasteiger charge is -2.36. The van der Waals surface area contributed by atoms with Gasteiger partial charge in [0.15, 0.2) is 0 Å². The highest BCUT2D eigenvalue weighted by atomic mass is 14.9. The second-order valence-electron chi connectivity index (χ2n) is 13.3. The topological polar surface area (TPSA) is 12.0 Å². The lowest BCUT2D eigenvalue weighted by molar-refractivity contribution is 0.340. The largest absolute Gasteiger partial charge is 0.356 e. The molecule has 1 heteroatoms. The minimum Gasteiger partial charge on any atom is -0.356 e. The van der Waals surface area contributed by atoms with Crippen molar-refractivity contribution in [2.75, 3.05) is 5.32 Å². The fraction of sp³-hybridized carbons (Fsp3) is 0.364. The molecule has 1 nitrogen and oxygen atoms in total. The summed E-state index contributed by atoms with van der Waals surface area (Å²) >= 11 is 0. The second-order valence-corrected chi connectivity index (χ2v) is 13.3. The lowest BCUT2D eigenvalue weighted by atomic mass is 9.69. The maximum absolute atomic E-state index is 4.16. The summed E-state index contributed by atoms with van der Waals surface area (Å²) < 4.78 is 0. The van der Waals surface area contributed by atoms with Crippen molar-refractivity contribution >= 4 is 11.8 Å². The van der Waals surface area contributed by atoms with Crippen molar-refractivity contribution in [3.63, 3.8) is 0 Å².